The maximum Gasteiger partial charge on any atom is 0.00958 e. The fourth-order valence-electron chi connectivity index (χ4n) is 8.30. The summed E-state index contributed by atoms with van der Waals surface area (Å²) in [6.45, 7) is 61.3. The van der Waals surface area contributed by atoms with E-state index < -0.39 is 0 Å². The van der Waals surface area contributed by atoms with Gasteiger partial charge in [-0.05, 0) is 105 Å². The van der Waals surface area contributed by atoms with E-state index in [9.17, 15) is 0 Å². The van der Waals surface area contributed by atoms with Gasteiger partial charge in [-0.3, -0.25) is 0 Å². The van der Waals surface area contributed by atoms with E-state index in [1.54, 1.807) is 33.4 Å². The van der Waals surface area contributed by atoms with E-state index >= 15 is 0 Å². The second kappa shape index (κ2) is 12.3. The van der Waals surface area contributed by atoms with Crippen LogP contribution in [0.5, 0.6) is 0 Å². The number of hydrogen-bond donors (Lipinski definition) is 0. The largest absolute Gasteiger partial charge is 0.0645 e. The van der Waals surface area contributed by atoms with Gasteiger partial charge in [-0.1, -0.05) is 185 Å². The molecule has 0 aliphatic carbocycles. The lowest BCUT2D eigenvalue weighted by Crippen LogP contribution is -2.38. The van der Waals surface area contributed by atoms with Crippen LogP contribution in [0.2, 0.25) is 0 Å². The molecule has 1 unspecified atom stereocenters. The van der Waals surface area contributed by atoms with Crippen LogP contribution in [0.1, 0.15) is 241 Å². The minimum absolute atomic E-state index is 0.00417. The standard InChI is InChI=1S/C47H80/c1-26-29(30-27-32(41(5,6)7)33(42(8,9)10)28-31(30)40(2,3)4)34-35(43(11,12)13)37(45(17,18)19)39(47(23,24)25)38(46(20,21)22)36(34)44(14,15)16/h27-29H,26H2,1-25H3. The molecule has 0 aromatic heterocycles. The van der Waals surface area contributed by atoms with Crippen molar-refractivity contribution in [3.63, 3.8) is 0 Å². The Morgan fingerprint density at radius 1 is 0.340 bits per heavy atom. The third kappa shape index (κ3) is 8.61. The van der Waals surface area contributed by atoms with Crippen LogP contribution in [0.25, 0.3) is 0 Å². The zero-order valence-corrected chi connectivity index (χ0v) is 36.4. The first-order valence-corrected chi connectivity index (χ1v) is 18.8. The van der Waals surface area contributed by atoms with Crippen molar-refractivity contribution in [2.24, 2.45) is 0 Å². The first-order chi connectivity index (χ1) is 20.4. The summed E-state index contributed by atoms with van der Waals surface area (Å²) in [5.41, 5.74) is 15.6. The second-order valence-corrected chi connectivity index (χ2v) is 23.2. The molecule has 0 heterocycles. The van der Waals surface area contributed by atoms with Gasteiger partial charge in [0.1, 0.15) is 0 Å². The Labute approximate surface area is 295 Å². The average Bonchev–Trinajstić information content (AvgIpc) is 2.77. The summed E-state index contributed by atoms with van der Waals surface area (Å²) in [7, 11) is 0. The quantitative estimate of drug-likeness (QED) is 0.312. The molecule has 0 aliphatic heterocycles. The minimum atomic E-state index is -0.0398. The second-order valence-electron chi connectivity index (χ2n) is 23.2. The predicted octanol–water partition coefficient (Wildman–Crippen LogP) is 14.6. The van der Waals surface area contributed by atoms with Crippen molar-refractivity contribution >= 4 is 0 Å². The van der Waals surface area contributed by atoms with Gasteiger partial charge in [0.25, 0.3) is 0 Å². The minimum Gasteiger partial charge on any atom is -0.0645 e. The Morgan fingerprint density at radius 3 is 0.830 bits per heavy atom. The highest BCUT2D eigenvalue weighted by Crippen LogP contribution is 2.55. The van der Waals surface area contributed by atoms with Crippen LogP contribution in [0, 0.1) is 0 Å². The van der Waals surface area contributed by atoms with Gasteiger partial charge in [-0.15, -0.1) is 0 Å². The molecule has 2 aromatic carbocycles. The Morgan fingerprint density at radius 2 is 0.596 bits per heavy atom. The van der Waals surface area contributed by atoms with Crippen molar-refractivity contribution in [2.75, 3.05) is 0 Å². The van der Waals surface area contributed by atoms with Crippen LogP contribution in [0.3, 0.4) is 0 Å². The van der Waals surface area contributed by atoms with Crippen molar-refractivity contribution in [2.45, 2.75) is 229 Å². The van der Waals surface area contributed by atoms with E-state index in [1.807, 2.05) is 0 Å². The molecular formula is C47H80. The van der Waals surface area contributed by atoms with E-state index in [4.69, 9.17) is 0 Å². The molecule has 0 amide bonds. The van der Waals surface area contributed by atoms with Crippen molar-refractivity contribution in [3.8, 4) is 0 Å². The zero-order chi connectivity index (χ0) is 37.5. The molecule has 2 aromatic rings. The molecule has 2 rings (SSSR count). The fraction of sp³-hybridized carbons (Fsp3) is 0.745. The number of hydrogen-bond acceptors (Lipinski definition) is 0. The molecule has 0 heteroatoms. The van der Waals surface area contributed by atoms with Gasteiger partial charge in [-0.25, -0.2) is 0 Å². The molecular weight excluding hydrogens is 565 g/mol. The Kier molecular flexibility index (Phi) is 10.9. The summed E-state index contributed by atoms with van der Waals surface area (Å²) in [6.07, 6.45) is 1.07. The summed E-state index contributed by atoms with van der Waals surface area (Å²) in [4.78, 5) is 0. The molecule has 0 fully saturated rings. The monoisotopic (exact) mass is 645 g/mol. The molecule has 1 atom stereocenters. The lowest BCUT2D eigenvalue weighted by molar-refractivity contribution is 0.449. The van der Waals surface area contributed by atoms with E-state index in [0.717, 1.165) is 6.42 Å². The summed E-state index contributed by atoms with van der Waals surface area (Å²) < 4.78 is 0. The normalized spacial score (nSPS) is 15.3. The van der Waals surface area contributed by atoms with Gasteiger partial charge < -0.3 is 0 Å². The molecule has 268 valence electrons. The number of benzene rings is 2. The van der Waals surface area contributed by atoms with E-state index in [0.29, 0.717) is 0 Å². The zero-order valence-electron chi connectivity index (χ0n) is 36.4. The first-order valence-electron chi connectivity index (χ1n) is 18.8. The SMILES string of the molecule is CCC(c1cc(C(C)(C)C)c(C(C)(C)C)cc1C(C)(C)C)c1c(C(C)(C)C)c(C(C)(C)C)c(C(C)(C)C)c(C(C)(C)C)c1C(C)(C)C. The molecule has 0 aliphatic rings. The molecule has 0 nitrogen and oxygen atoms in total. The summed E-state index contributed by atoms with van der Waals surface area (Å²) >= 11 is 0. The summed E-state index contributed by atoms with van der Waals surface area (Å²) in [5, 5.41) is 0. The Hall–Kier alpha value is -1.56. The molecule has 0 N–H and O–H groups in total. The highest BCUT2D eigenvalue weighted by molar-refractivity contribution is 5.65. The van der Waals surface area contributed by atoms with E-state index in [-0.39, 0.29) is 49.2 Å². The van der Waals surface area contributed by atoms with Crippen LogP contribution < -0.4 is 0 Å². The molecule has 0 spiro atoms. The van der Waals surface area contributed by atoms with Gasteiger partial charge in [0.2, 0.25) is 0 Å². The summed E-state index contributed by atoms with van der Waals surface area (Å²) in [6, 6.07) is 5.31. The topological polar surface area (TPSA) is 0 Å². The molecule has 0 saturated carbocycles. The summed E-state index contributed by atoms with van der Waals surface area (Å²) in [5.74, 6) is 0.277. The Bertz CT molecular complexity index is 1380. The van der Waals surface area contributed by atoms with Gasteiger partial charge in [-0.2, -0.15) is 0 Å². The molecule has 47 heavy (non-hydrogen) atoms. The van der Waals surface area contributed by atoms with Crippen LogP contribution in [-0.2, 0) is 43.3 Å². The van der Waals surface area contributed by atoms with Crippen molar-refractivity contribution < 1.29 is 0 Å². The van der Waals surface area contributed by atoms with Gasteiger partial charge in [0, 0.05) is 5.92 Å². The van der Waals surface area contributed by atoms with Gasteiger partial charge >= 0.3 is 0 Å². The third-order valence-corrected chi connectivity index (χ3v) is 10.0. The lowest BCUT2D eigenvalue weighted by Gasteiger charge is -2.47. The van der Waals surface area contributed by atoms with Crippen LogP contribution in [0.15, 0.2) is 12.1 Å². The van der Waals surface area contributed by atoms with Gasteiger partial charge in [0.15, 0.2) is 0 Å². The average molecular weight is 645 g/mol. The molecule has 0 radical (unpaired) electrons. The number of rotatable bonds is 3. The smallest absolute Gasteiger partial charge is 0.00958 e. The predicted molar refractivity (Wildman–Crippen MR) is 215 cm³/mol. The fourth-order valence-corrected chi connectivity index (χ4v) is 8.30. The van der Waals surface area contributed by atoms with Crippen LogP contribution in [-0.4, -0.2) is 0 Å². The van der Waals surface area contributed by atoms with Crippen LogP contribution >= 0.6 is 0 Å². The van der Waals surface area contributed by atoms with Gasteiger partial charge in [0.05, 0.1) is 0 Å². The van der Waals surface area contributed by atoms with E-state index in [2.05, 4.69) is 185 Å². The molecule has 0 bridgehead atoms. The maximum atomic E-state index is 2.68. The maximum absolute atomic E-state index is 2.68. The Balaban J connectivity index is 3.69. The lowest BCUT2D eigenvalue weighted by atomic mass is 9.57. The third-order valence-electron chi connectivity index (χ3n) is 10.0. The molecule has 0 saturated heterocycles. The first kappa shape index (κ1) is 41.6. The van der Waals surface area contributed by atoms with Crippen LogP contribution in [0.4, 0.5) is 0 Å². The van der Waals surface area contributed by atoms with Crippen molar-refractivity contribution in [1.82, 2.24) is 0 Å². The highest BCUT2D eigenvalue weighted by atomic mass is 14.5. The van der Waals surface area contributed by atoms with E-state index in [1.165, 1.54) is 22.3 Å². The van der Waals surface area contributed by atoms with Crippen molar-refractivity contribution in [3.05, 3.63) is 67.8 Å². The van der Waals surface area contributed by atoms with Crippen molar-refractivity contribution in [1.29, 1.82) is 0 Å². The highest BCUT2D eigenvalue weighted by Gasteiger charge is 2.44.